The molecule has 9 atom stereocenters. The van der Waals surface area contributed by atoms with Crippen molar-refractivity contribution < 1.29 is 63.3 Å². The van der Waals surface area contributed by atoms with E-state index in [1.165, 1.54) is 41.7 Å². The number of H-pyrrole nitrogens is 2. The van der Waals surface area contributed by atoms with E-state index in [2.05, 4.69) is 105 Å². The van der Waals surface area contributed by atoms with Gasteiger partial charge in [-0.3, -0.25) is 58.5 Å². The summed E-state index contributed by atoms with van der Waals surface area (Å²) >= 11 is 0. The Morgan fingerprint density at radius 3 is 1.95 bits per heavy atom. The number of nitrogens with zero attached hydrogens (tertiary/aromatic N) is 7. The van der Waals surface area contributed by atoms with Crippen LogP contribution in [0.3, 0.4) is 0 Å². The van der Waals surface area contributed by atoms with Gasteiger partial charge in [-0.2, -0.15) is 0 Å². The number of aromatic nitrogens is 6. The number of hydrogen-bond acceptors (Lipinski definition) is 18. The summed E-state index contributed by atoms with van der Waals surface area (Å²) in [6.45, 7) is 9.72. The number of likely N-dealkylation sites (tertiary alicyclic amines) is 1. The zero-order chi connectivity index (χ0) is 77.3. The standard InChI is InChI=1S/C50H71N13O12.C25H28N6O/c1-5-28(4)41(47(72)59-36(23-31-25-54-26-56-31)48(73)63-20-10-14-38(63)45(70)60-37(49(74)75)22-29-11-7-6-8-12-29)62-44(69)35(21-30-15-17-32(64)18-16-30)58-46(71)40(27(2)3)61-43(68)34(13-9-19-55-50(52)53)57-42(67)33(51)24-39(65)66;1-2-3-10-22-26-25(15-6-7-16-25)24(32)31(22)17-18-11-13-19(14-12-18)20-8-4-5-9-21(20)23-27-29-30-28-23/h6-8,11-12,15-18,25-28,33-38,40-41,64H,5,9-10,13-14,19-24,51H2,1-4H3,(H,54,56)(H,57,67)(H,58,71)(H,59,72)(H,60,70)(H,61,68)(H,62,69)(H,65,66)(H,74,75)(H4,52,53,55);4-5,8-9,11-14H,2-3,6-7,10,15-17H2,1H3,(H,27,28,29,30)/t28-,33-,34-,35-,36-,37-,38-,40-,41-;/m0./s1. The van der Waals surface area contributed by atoms with Gasteiger partial charge in [0.25, 0.3) is 5.91 Å². The van der Waals surface area contributed by atoms with Crippen LogP contribution in [0.1, 0.15) is 140 Å². The van der Waals surface area contributed by atoms with Gasteiger partial charge in [0.1, 0.15) is 59.4 Å². The molecule has 1 spiro atoms. The van der Waals surface area contributed by atoms with Crippen molar-refractivity contribution in [1.29, 1.82) is 5.41 Å². The molecular weight excluding hydrogens is 1370 g/mol. The van der Waals surface area contributed by atoms with Crippen LogP contribution < -0.4 is 48.7 Å². The molecule has 2 fully saturated rings. The summed E-state index contributed by atoms with van der Waals surface area (Å²) in [6.07, 6.45) is 9.94. The maximum absolute atomic E-state index is 14.6. The van der Waals surface area contributed by atoms with Gasteiger partial charge in [-0.05, 0) is 107 Å². The summed E-state index contributed by atoms with van der Waals surface area (Å²) < 4.78 is 0. The summed E-state index contributed by atoms with van der Waals surface area (Å²) in [6, 6.07) is 20.4. The monoisotopic (exact) mass is 1470 g/mol. The predicted molar refractivity (Wildman–Crippen MR) is 396 cm³/mol. The lowest BCUT2D eigenvalue weighted by Crippen LogP contribution is -2.62. The van der Waals surface area contributed by atoms with Crippen molar-refractivity contribution in [3.05, 3.63) is 138 Å². The van der Waals surface area contributed by atoms with E-state index >= 15 is 0 Å². The number of carboxylic acid groups (broad SMARTS) is 2. The molecule has 17 N–H and O–H groups in total. The average Bonchev–Trinajstić information content (AvgIpc) is 1.61. The summed E-state index contributed by atoms with van der Waals surface area (Å²) in [5, 5.41) is 69.4. The van der Waals surface area contributed by atoms with Crippen LogP contribution in [0.5, 0.6) is 5.75 Å². The maximum atomic E-state index is 14.6. The third-order valence-corrected chi connectivity index (χ3v) is 19.3. The van der Waals surface area contributed by atoms with Crippen LogP contribution in [0.2, 0.25) is 0 Å². The minimum atomic E-state index is -1.51. The van der Waals surface area contributed by atoms with E-state index in [0.29, 0.717) is 42.0 Å². The van der Waals surface area contributed by atoms with E-state index in [4.69, 9.17) is 27.0 Å². The Balaban J connectivity index is 0.000000370. The average molecular weight is 1470 g/mol. The van der Waals surface area contributed by atoms with Crippen molar-refractivity contribution in [3.8, 4) is 28.3 Å². The smallest absolute Gasteiger partial charge is 0.326 e. The van der Waals surface area contributed by atoms with Crippen molar-refractivity contribution in [2.24, 2.45) is 28.3 Å². The zero-order valence-corrected chi connectivity index (χ0v) is 60.9. The number of phenols is 1. The number of rotatable bonds is 36. The number of unbranched alkanes of at least 4 members (excludes halogenated alkanes) is 1. The lowest BCUT2D eigenvalue weighted by atomic mass is 9.96. The van der Waals surface area contributed by atoms with E-state index in [1.807, 2.05) is 23.1 Å². The molecule has 4 heterocycles. The van der Waals surface area contributed by atoms with Gasteiger partial charge in [0, 0.05) is 56.2 Å². The Bertz CT molecular complexity index is 4040. The Morgan fingerprint density at radius 2 is 1.33 bits per heavy atom. The van der Waals surface area contributed by atoms with Crippen LogP contribution in [-0.4, -0.2) is 194 Å². The van der Waals surface area contributed by atoms with E-state index in [9.17, 15) is 58.2 Å². The molecule has 32 nitrogen and oxygen atoms in total. The highest BCUT2D eigenvalue weighted by atomic mass is 16.4. The SMILES string of the molecule is CCCCC1=NC2(CCCC2)C(=O)N1Cc1ccc(-c2ccccc2-c2nnn[nH]2)cc1.CC[C@H](C)[C@H](NC(=O)[C@H](Cc1ccc(O)cc1)NC(=O)[C@@H](NC(=O)[C@H](CCCNC(=N)N)NC(=O)[C@@H](N)CC(=O)O)C(C)C)C(=O)N[C@@H](Cc1cnc[nH]1)C(=O)N1CCC[C@H]1C(=O)N[C@@H](Cc1ccccc1)C(=O)O. The minimum absolute atomic E-state index is 0.00272. The largest absolute Gasteiger partial charge is 0.508 e. The number of aliphatic carboxylic acids is 2. The summed E-state index contributed by atoms with van der Waals surface area (Å²) in [5.74, 6) is -7.96. The van der Waals surface area contributed by atoms with Crippen LogP contribution in [0, 0.1) is 17.2 Å². The molecule has 1 aliphatic carbocycles. The number of carbonyl (C=O) groups excluding carboxylic acids is 8. The Morgan fingerprint density at radius 1 is 0.701 bits per heavy atom. The van der Waals surface area contributed by atoms with Crippen molar-refractivity contribution in [1.82, 2.24) is 77.6 Å². The number of imidazole rings is 1. The summed E-state index contributed by atoms with van der Waals surface area (Å²) in [4.78, 5) is 151. The molecule has 0 radical (unpaired) electrons. The number of carboxylic acids is 2. The fraction of sp³-hybridized carbons (Fsp3) is 0.467. The van der Waals surface area contributed by atoms with E-state index in [-0.39, 0.29) is 69.2 Å². The first-order valence-electron chi connectivity index (χ1n) is 36.3. The van der Waals surface area contributed by atoms with Crippen LogP contribution in [-0.2, 0) is 73.8 Å². The molecule has 0 unspecified atom stereocenters. The number of amidine groups is 1. The number of phenolic OH excluding ortho intramolecular Hbond substituents is 1. The number of nitrogens with one attached hydrogen (secondary N) is 10. The molecule has 0 bridgehead atoms. The number of hydrogen-bond donors (Lipinski definition) is 15. The molecule has 3 aliphatic rings. The number of tetrazole rings is 1. The first kappa shape index (κ1) is 81.2. The normalized spacial score (nSPS) is 16.6. The minimum Gasteiger partial charge on any atom is -0.508 e. The number of aromatic amines is 2. The van der Waals surface area contributed by atoms with Crippen LogP contribution in [0.15, 0.2) is 121 Å². The molecule has 2 aromatic heterocycles. The topological polar surface area (TPSA) is 493 Å². The molecule has 32 heteroatoms. The van der Waals surface area contributed by atoms with Gasteiger partial charge < -0.3 is 73.9 Å². The van der Waals surface area contributed by atoms with Gasteiger partial charge in [-0.25, -0.2) is 14.9 Å². The molecule has 9 rings (SSSR count). The number of aliphatic imine (C=N–C) groups is 1. The fourth-order valence-electron chi connectivity index (χ4n) is 13.2. The number of carbonyl (C=O) groups is 10. The third kappa shape index (κ3) is 22.8. The van der Waals surface area contributed by atoms with Gasteiger partial charge in [0.05, 0.1) is 25.3 Å². The molecule has 8 amide bonds. The van der Waals surface area contributed by atoms with Crippen molar-refractivity contribution in [2.75, 3.05) is 13.1 Å². The Kier molecular flexibility index (Phi) is 29.7. The van der Waals surface area contributed by atoms with E-state index in [1.54, 1.807) is 58.0 Å². The molecule has 107 heavy (non-hydrogen) atoms. The highest BCUT2D eigenvalue weighted by Gasteiger charge is 2.49. The first-order chi connectivity index (χ1) is 51.3. The lowest BCUT2D eigenvalue weighted by molar-refractivity contribution is -0.145. The predicted octanol–water partition coefficient (Wildman–Crippen LogP) is 3.67. The number of guanidine groups is 1. The number of amides is 8. The van der Waals surface area contributed by atoms with E-state index < -0.39 is 125 Å². The molecule has 1 saturated heterocycles. The van der Waals surface area contributed by atoms with Crippen LogP contribution >= 0.6 is 0 Å². The quantitative estimate of drug-likeness (QED) is 0.0152. The third-order valence-electron chi connectivity index (χ3n) is 19.3. The second kappa shape index (κ2) is 39.1. The first-order valence-corrected chi connectivity index (χ1v) is 36.3. The molecule has 2 aliphatic heterocycles. The van der Waals surface area contributed by atoms with Crippen LogP contribution in [0.25, 0.3) is 22.5 Å². The lowest BCUT2D eigenvalue weighted by Gasteiger charge is -2.32. The molecule has 4 aromatic carbocycles. The Labute approximate surface area is 620 Å². The van der Waals surface area contributed by atoms with Gasteiger partial charge >= 0.3 is 11.9 Å². The van der Waals surface area contributed by atoms with Crippen LogP contribution in [0.4, 0.5) is 0 Å². The second-order valence-electron chi connectivity index (χ2n) is 27.7. The molecule has 572 valence electrons. The fourth-order valence-corrected chi connectivity index (χ4v) is 13.2. The zero-order valence-electron chi connectivity index (χ0n) is 60.9. The van der Waals surface area contributed by atoms with E-state index in [0.717, 1.165) is 73.0 Å². The maximum Gasteiger partial charge on any atom is 0.326 e. The highest BCUT2D eigenvalue weighted by molar-refractivity contribution is 6.08. The molecule has 6 aromatic rings. The Hall–Kier alpha value is -11.4. The number of aromatic hydroxyl groups is 1. The summed E-state index contributed by atoms with van der Waals surface area (Å²) in [5.41, 5.74) is 16.5. The second-order valence-corrected chi connectivity index (χ2v) is 27.7. The van der Waals surface area contributed by atoms with Gasteiger partial charge in [0.2, 0.25) is 41.4 Å². The van der Waals surface area contributed by atoms with Gasteiger partial charge in [-0.1, -0.05) is 151 Å². The van der Waals surface area contributed by atoms with Gasteiger partial charge in [-0.15, -0.1) is 5.10 Å². The molecule has 1 saturated carbocycles. The van der Waals surface area contributed by atoms with Gasteiger partial charge in [0.15, 0.2) is 11.8 Å². The van der Waals surface area contributed by atoms with Crippen molar-refractivity contribution in [2.45, 2.75) is 198 Å². The summed E-state index contributed by atoms with van der Waals surface area (Å²) in [7, 11) is 0. The number of benzene rings is 4. The molecular formula is C75H99N19O13. The number of nitrogens with two attached hydrogens (primary N) is 2. The van der Waals surface area contributed by atoms with Crippen molar-refractivity contribution >= 4 is 71.0 Å². The van der Waals surface area contributed by atoms with Crippen molar-refractivity contribution in [3.63, 3.8) is 0 Å². The highest BCUT2D eigenvalue weighted by Crippen LogP contribution is 2.40.